The van der Waals surface area contributed by atoms with Gasteiger partial charge in [0.25, 0.3) is 0 Å². The van der Waals surface area contributed by atoms with Crippen molar-refractivity contribution in [1.82, 2.24) is 0 Å². The van der Waals surface area contributed by atoms with Gasteiger partial charge in [-0.1, -0.05) is 6.08 Å². The van der Waals surface area contributed by atoms with E-state index in [-0.39, 0.29) is 30.9 Å². The summed E-state index contributed by atoms with van der Waals surface area (Å²) in [5.41, 5.74) is 0. The van der Waals surface area contributed by atoms with Gasteiger partial charge in [-0.15, -0.1) is 6.58 Å². The van der Waals surface area contributed by atoms with Crippen LogP contribution in [0.5, 0.6) is 11.5 Å². The average Bonchev–Trinajstić information content (AvgIpc) is 2.57. The second kappa shape index (κ2) is 9.65. The van der Waals surface area contributed by atoms with E-state index in [4.69, 9.17) is 18.5 Å². The van der Waals surface area contributed by atoms with Crippen molar-refractivity contribution in [3.8, 4) is 11.5 Å². The van der Waals surface area contributed by atoms with Crippen LogP contribution in [0, 0.1) is 11.6 Å². The number of benzene rings is 1. The van der Waals surface area contributed by atoms with Gasteiger partial charge in [0, 0.05) is 14.2 Å². The third kappa shape index (κ3) is 5.94. The van der Waals surface area contributed by atoms with Crippen molar-refractivity contribution in [2.75, 3.05) is 33.6 Å². The molecule has 0 radical (unpaired) electrons. The molecule has 0 aliphatic carbocycles. The number of ether oxygens (including phenoxy) is 2. The van der Waals surface area contributed by atoms with Crippen LogP contribution in [-0.2, 0) is 13.6 Å². The van der Waals surface area contributed by atoms with Crippen molar-refractivity contribution in [3.05, 3.63) is 36.4 Å². The van der Waals surface area contributed by atoms with Gasteiger partial charge in [-0.25, -0.2) is 0 Å². The summed E-state index contributed by atoms with van der Waals surface area (Å²) in [6.07, 6.45) is 2.56. The highest BCUT2D eigenvalue weighted by atomic mass is 31.2. The van der Waals surface area contributed by atoms with Gasteiger partial charge in [-0.2, -0.15) is 8.78 Å². The van der Waals surface area contributed by atoms with Gasteiger partial charge in [0.05, 0.1) is 19.4 Å². The van der Waals surface area contributed by atoms with E-state index >= 15 is 0 Å². The molecule has 1 aromatic rings. The lowest BCUT2D eigenvalue weighted by Crippen LogP contribution is -2.06. The first kappa shape index (κ1) is 19.6. The van der Waals surface area contributed by atoms with E-state index in [2.05, 4.69) is 6.58 Å². The summed E-state index contributed by atoms with van der Waals surface area (Å²) in [7, 11) is -0.557. The topological polar surface area (TPSA) is 54.0 Å². The van der Waals surface area contributed by atoms with Crippen LogP contribution in [0.4, 0.5) is 8.78 Å². The van der Waals surface area contributed by atoms with E-state index in [1.807, 2.05) is 0 Å². The Kier molecular flexibility index (Phi) is 8.23. The zero-order valence-electron chi connectivity index (χ0n) is 13.2. The molecule has 0 N–H and O–H groups in total. The zero-order valence-corrected chi connectivity index (χ0v) is 14.1. The molecular formula is C15H21F2O5P. The van der Waals surface area contributed by atoms with Gasteiger partial charge < -0.3 is 18.5 Å². The maximum Gasteiger partial charge on any atom is 0.330 e. The van der Waals surface area contributed by atoms with Crippen molar-refractivity contribution >= 4 is 7.60 Å². The Labute approximate surface area is 134 Å². The van der Waals surface area contributed by atoms with Crippen LogP contribution >= 0.6 is 7.60 Å². The second-order valence-corrected chi connectivity index (χ2v) is 6.92. The molecule has 0 aliphatic rings. The van der Waals surface area contributed by atoms with Crippen LogP contribution in [0.3, 0.4) is 0 Å². The first-order valence-corrected chi connectivity index (χ1v) is 8.75. The van der Waals surface area contributed by atoms with Crippen LogP contribution in [0.1, 0.15) is 12.8 Å². The van der Waals surface area contributed by atoms with Crippen molar-refractivity contribution < 1.29 is 31.9 Å². The third-order valence-electron chi connectivity index (χ3n) is 2.98. The molecule has 0 saturated carbocycles. The highest BCUT2D eigenvalue weighted by Gasteiger charge is 2.20. The number of hydrogen-bond acceptors (Lipinski definition) is 5. The van der Waals surface area contributed by atoms with E-state index < -0.39 is 19.2 Å². The zero-order chi connectivity index (χ0) is 17.3. The Morgan fingerprint density at radius 1 is 1.09 bits per heavy atom. The van der Waals surface area contributed by atoms with Crippen LogP contribution in [0.15, 0.2) is 24.8 Å². The quantitative estimate of drug-likeness (QED) is 0.341. The van der Waals surface area contributed by atoms with Crippen molar-refractivity contribution in [2.24, 2.45) is 0 Å². The molecule has 0 fully saturated rings. The van der Waals surface area contributed by atoms with Gasteiger partial charge in [-0.3, -0.25) is 4.57 Å². The van der Waals surface area contributed by atoms with Crippen molar-refractivity contribution in [3.63, 3.8) is 0 Å². The number of halogens is 2. The molecule has 0 unspecified atom stereocenters. The largest absolute Gasteiger partial charge is 0.490 e. The first-order chi connectivity index (χ1) is 11.0. The number of rotatable bonds is 11. The van der Waals surface area contributed by atoms with E-state index in [1.165, 1.54) is 26.4 Å². The highest BCUT2D eigenvalue weighted by molar-refractivity contribution is 7.53. The molecule has 0 amide bonds. The maximum absolute atomic E-state index is 13.9. The van der Waals surface area contributed by atoms with Crippen LogP contribution in [0.2, 0.25) is 0 Å². The Morgan fingerprint density at radius 3 is 2.09 bits per heavy atom. The summed E-state index contributed by atoms with van der Waals surface area (Å²) in [5, 5.41) is 0. The molecular weight excluding hydrogens is 329 g/mol. The Morgan fingerprint density at radius 2 is 1.61 bits per heavy atom. The van der Waals surface area contributed by atoms with E-state index in [9.17, 15) is 13.3 Å². The third-order valence-corrected chi connectivity index (χ3v) is 4.96. The molecule has 1 rings (SSSR count). The van der Waals surface area contributed by atoms with Gasteiger partial charge >= 0.3 is 7.60 Å². The summed E-state index contributed by atoms with van der Waals surface area (Å²) < 4.78 is 59.3. The van der Waals surface area contributed by atoms with Gasteiger partial charge in [0.15, 0.2) is 11.5 Å². The standard InChI is InChI=1S/C15H21F2O5P/c1-4-5-9-21-12-7-8-13(15(17)14(12)16)22-10-6-11-23(18,19-2)20-3/h4,7-8H,1,5-6,9-11H2,2-3H3. The summed E-state index contributed by atoms with van der Waals surface area (Å²) in [6.45, 7) is 3.77. The molecule has 0 spiro atoms. The lowest BCUT2D eigenvalue weighted by atomic mass is 10.3. The molecule has 0 saturated heterocycles. The van der Waals surface area contributed by atoms with Crippen LogP contribution in [-0.4, -0.2) is 33.6 Å². The van der Waals surface area contributed by atoms with Gasteiger partial charge in [0.2, 0.25) is 11.6 Å². The smallest absolute Gasteiger partial charge is 0.330 e. The van der Waals surface area contributed by atoms with Crippen molar-refractivity contribution in [2.45, 2.75) is 12.8 Å². The monoisotopic (exact) mass is 350 g/mol. The van der Waals surface area contributed by atoms with Crippen molar-refractivity contribution in [1.29, 1.82) is 0 Å². The molecule has 0 heterocycles. The molecule has 1 aromatic carbocycles. The minimum atomic E-state index is -3.12. The van der Waals surface area contributed by atoms with Gasteiger partial charge in [0.1, 0.15) is 0 Å². The predicted molar refractivity (Wildman–Crippen MR) is 83.3 cm³/mol. The maximum atomic E-state index is 13.9. The second-order valence-electron chi connectivity index (χ2n) is 4.52. The van der Waals surface area contributed by atoms with Crippen LogP contribution < -0.4 is 9.47 Å². The molecule has 8 heteroatoms. The molecule has 5 nitrogen and oxygen atoms in total. The minimum absolute atomic E-state index is 0.0454. The predicted octanol–water partition coefficient (Wildman–Crippen LogP) is 4.17. The fourth-order valence-corrected chi connectivity index (χ4v) is 2.72. The molecule has 0 aliphatic heterocycles. The normalized spacial score (nSPS) is 11.3. The Hall–Kier alpha value is -1.43. The molecule has 0 bridgehead atoms. The summed E-state index contributed by atoms with van der Waals surface area (Å²) in [5.74, 6) is -2.64. The number of hydrogen-bond donors (Lipinski definition) is 0. The molecule has 0 aromatic heterocycles. The molecule has 0 atom stereocenters. The van der Waals surface area contributed by atoms with Gasteiger partial charge in [-0.05, 0) is 25.0 Å². The first-order valence-electron chi connectivity index (χ1n) is 7.02. The molecule has 23 heavy (non-hydrogen) atoms. The summed E-state index contributed by atoms with van der Waals surface area (Å²) >= 11 is 0. The molecule has 130 valence electrons. The summed E-state index contributed by atoms with van der Waals surface area (Å²) in [6, 6.07) is 2.58. The van der Waals surface area contributed by atoms with Crippen LogP contribution in [0.25, 0.3) is 0 Å². The SMILES string of the molecule is C=CCCOc1ccc(OCCCP(=O)(OC)OC)c(F)c1F. The fraction of sp³-hybridized carbons (Fsp3) is 0.467. The van der Waals surface area contributed by atoms with E-state index in [1.54, 1.807) is 6.08 Å². The average molecular weight is 350 g/mol. The Balaban J connectivity index is 2.56. The Bertz CT molecular complexity index is 557. The highest BCUT2D eigenvalue weighted by Crippen LogP contribution is 2.46. The lowest BCUT2D eigenvalue weighted by Gasteiger charge is -2.14. The lowest BCUT2D eigenvalue weighted by molar-refractivity contribution is 0.260. The van der Waals surface area contributed by atoms with E-state index in [0.717, 1.165) is 0 Å². The minimum Gasteiger partial charge on any atom is -0.490 e. The fourth-order valence-electron chi connectivity index (χ4n) is 1.69. The summed E-state index contributed by atoms with van der Waals surface area (Å²) in [4.78, 5) is 0. The van der Waals surface area contributed by atoms with E-state index in [0.29, 0.717) is 12.8 Å².